The SMILES string of the molecule is CCC[C@@H](N)C(=O)N1CCCC[C@H]1C(=O)O. The van der Waals surface area contributed by atoms with Crippen LogP contribution < -0.4 is 5.73 Å². The number of nitrogens with zero attached hydrogens (tertiary/aromatic N) is 1. The fraction of sp³-hybridized carbons (Fsp3) is 0.818. The fourth-order valence-corrected chi connectivity index (χ4v) is 2.10. The first-order valence-electron chi connectivity index (χ1n) is 5.86. The van der Waals surface area contributed by atoms with Crippen molar-refractivity contribution in [2.45, 2.75) is 51.1 Å². The number of hydrogen-bond donors (Lipinski definition) is 2. The summed E-state index contributed by atoms with van der Waals surface area (Å²) in [5.41, 5.74) is 5.74. The number of amides is 1. The summed E-state index contributed by atoms with van der Waals surface area (Å²) in [4.78, 5) is 24.4. The molecule has 5 nitrogen and oxygen atoms in total. The second kappa shape index (κ2) is 5.84. The van der Waals surface area contributed by atoms with Crippen molar-refractivity contribution in [1.29, 1.82) is 0 Å². The first-order valence-corrected chi connectivity index (χ1v) is 5.86. The molecule has 1 aliphatic rings. The van der Waals surface area contributed by atoms with Gasteiger partial charge in [0.25, 0.3) is 0 Å². The number of carboxylic acids is 1. The van der Waals surface area contributed by atoms with Crippen LogP contribution >= 0.6 is 0 Å². The second-order valence-corrected chi connectivity index (χ2v) is 4.28. The van der Waals surface area contributed by atoms with E-state index < -0.39 is 18.1 Å². The molecular formula is C11H20N2O3. The van der Waals surface area contributed by atoms with Crippen molar-refractivity contribution >= 4 is 11.9 Å². The van der Waals surface area contributed by atoms with Gasteiger partial charge in [-0.2, -0.15) is 0 Å². The van der Waals surface area contributed by atoms with Crippen LogP contribution in [0.25, 0.3) is 0 Å². The summed E-state index contributed by atoms with van der Waals surface area (Å²) >= 11 is 0. The van der Waals surface area contributed by atoms with E-state index in [4.69, 9.17) is 10.8 Å². The number of piperidine rings is 1. The van der Waals surface area contributed by atoms with Gasteiger partial charge in [-0.05, 0) is 25.7 Å². The van der Waals surface area contributed by atoms with E-state index in [0.29, 0.717) is 19.4 Å². The third kappa shape index (κ3) is 2.95. The van der Waals surface area contributed by atoms with Crippen molar-refractivity contribution < 1.29 is 14.7 Å². The Bertz CT molecular complexity index is 268. The first-order chi connectivity index (χ1) is 7.57. The Balaban J connectivity index is 2.67. The molecular weight excluding hydrogens is 208 g/mol. The van der Waals surface area contributed by atoms with Crippen LogP contribution in [-0.2, 0) is 9.59 Å². The monoisotopic (exact) mass is 228 g/mol. The van der Waals surface area contributed by atoms with Crippen LogP contribution in [0, 0.1) is 0 Å². The Morgan fingerprint density at radius 1 is 1.50 bits per heavy atom. The number of aliphatic carboxylic acids is 1. The van der Waals surface area contributed by atoms with Crippen molar-refractivity contribution in [3.63, 3.8) is 0 Å². The molecule has 2 atom stereocenters. The predicted octanol–water partition coefficient (Wildman–Crippen LogP) is 0.579. The topological polar surface area (TPSA) is 83.6 Å². The van der Waals surface area contributed by atoms with Gasteiger partial charge < -0.3 is 15.7 Å². The van der Waals surface area contributed by atoms with Gasteiger partial charge in [-0.1, -0.05) is 13.3 Å². The normalized spacial score (nSPS) is 22.9. The average molecular weight is 228 g/mol. The minimum atomic E-state index is -0.920. The van der Waals surface area contributed by atoms with E-state index in [-0.39, 0.29) is 5.91 Å². The van der Waals surface area contributed by atoms with Crippen molar-refractivity contribution in [2.24, 2.45) is 5.73 Å². The predicted molar refractivity (Wildman–Crippen MR) is 59.9 cm³/mol. The van der Waals surface area contributed by atoms with Crippen LogP contribution in [0.5, 0.6) is 0 Å². The molecule has 1 fully saturated rings. The zero-order valence-corrected chi connectivity index (χ0v) is 9.69. The molecule has 5 heteroatoms. The number of nitrogens with two attached hydrogens (primary N) is 1. The summed E-state index contributed by atoms with van der Waals surface area (Å²) in [7, 11) is 0. The number of hydrogen-bond acceptors (Lipinski definition) is 3. The molecule has 0 saturated carbocycles. The Morgan fingerprint density at radius 2 is 2.19 bits per heavy atom. The molecule has 1 rings (SSSR count). The molecule has 0 aromatic carbocycles. The van der Waals surface area contributed by atoms with E-state index >= 15 is 0 Å². The smallest absolute Gasteiger partial charge is 0.326 e. The fourth-order valence-electron chi connectivity index (χ4n) is 2.10. The van der Waals surface area contributed by atoms with E-state index in [1.54, 1.807) is 0 Å². The third-order valence-corrected chi connectivity index (χ3v) is 2.99. The van der Waals surface area contributed by atoms with Crippen molar-refractivity contribution in [1.82, 2.24) is 4.90 Å². The molecule has 0 aromatic rings. The van der Waals surface area contributed by atoms with Crippen LogP contribution in [0.15, 0.2) is 0 Å². The molecule has 0 aromatic heterocycles. The molecule has 1 amide bonds. The van der Waals surface area contributed by atoms with Crippen LogP contribution in [0.2, 0.25) is 0 Å². The highest BCUT2D eigenvalue weighted by atomic mass is 16.4. The Labute approximate surface area is 95.6 Å². The quantitative estimate of drug-likeness (QED) is 0.737. The highest BCUT2D eigenvalue weighted by molar-refractivity contribution is 5.87. The summed E-state index contributed by atoms with van der Waals surface area (Å²) in [6.07, 6.45) is 3.72. The summed E-state index contributed by atoms with van der Waals surface area (Å²) in [5, 5.41) is 9.03. The third-order valence-electron chi connectivity index (χ3n) is 2.99. The first kappa shape index (κ1) is 13.0. The molecule has 1 saturated heterocycles. The van der Waals surface area contributed by atoms with Gasteiger partial charge in [0.2, 0.25) is 5.91 Å². The second-order valence-electron chi connectivity index (χ2n) is 4.28. The summed E-state index contributed by atoms with van der Waals surface area (Å²) in [6, 6.07) is -1.23. The highest BCUT2D eigenvalue weighted by Crippen LogP contribution is 2.18. The maximum Gasteiger partial charge on any atom is 0.326 e. The van der Waals surface area contributed by atoms with Crippen LogP contribution in [0.3, 0.4) is 0 Å². The van der Waals surface area contributed by atoms with Gasteiger partial charge >= 0.3 is 5.97 Å². The van der Waals surface area contributed by atoms with Crippen molar-refractivity contribution in [2.75, 3.05) is 6.54 Å². The zero-order valence-electron chi connectivity index (χ0n) is 9.69. The van der Waals surface area contributed by atoms with Gasteiger partial charge in [-0.25, -0.2) is 4.79 Å². The number of rotatable bonds is 4. The van der Waals surface area contributed by atoms with Gasteiger partial charge in [0.1, 0.15) is 6.04 Å². The maximum atomic E-state index is 11.9. The molecule has 0 spiro atoms. The lowest BCUT2D eigenvalue weighted by Gasteiger charge is -2.34. The molecule has 1 heterocycles. The van der Waals surface area contributed by atoms with Crippen molar-refractivity contribution in [3.05, 3.63) is 0 Å². The molecule has 92 valence electrons. The Kier molecular flexibility index (Phi) is 4.73. The van der Waals surface area contributed by atoms with Crippen molar-refractivity contribution in [3.8, 4) is 0 Å². The van der Waals surface area contributed by atoms with Gasteiger partial charge in [0.15, 0.2) is 0 Å². The Hall–Kier alpha value is -1.10. The van der Waals surface area contributed by atoms with E-state index in [1.165, 1.54) is 4.90 Å². The molecule has 0 bridgehead atoms. The van der Waals surface area contributed by atoms with Gasteiger partial charge in [-0.15, -0.1) is 0 Å². The molecule has 0 unspecified atom stereocenters. The standard InChI is InChI=1S/C11H20N2O3/c1-2-5-8(12)10(14)13-7-4-3-6-9(13)11(15)16/h8-9H,2-7,12H2,1H3,(H,15,16)/t8-,9+/m1/s1. The highest BCUT2D eigenvalue weighted by Gasteiger charge is 2.33. The maximum absolute atomic E-state index is 11.9. The lowest BCUT2D eigenvalue weighted by Crippen LogP contribution is -2.53. The number of likely N-dealkylation sites (tertiary alicyclic amines) is 1. The van der Waals surface area contributed by atoms with Crippen LogP contribution in [0.4, 0.5) is 0 Å². The van der Waals surface area contributed by atoms with Crippen LogP contribution in [-0.4, -0.2) is 40.5 Å². The lowest BCUT2D eigenvalue weighted by molar-refractivity contribution is -0.152. The minimum absolute atomic E-state index is 0.214. The molecule has 16 heavy (non-hydrogen) atoms. The Morgan fingerprint density at radius 3 is 2.75 bits per heavy atom. The molecule has 0 aliphatic carbocycles. The molecule has 0 radical (unpaired) electrons. The average Bonchev–Trinajstić information content (AvgIpc) is 2.28. The number of carbonyl (C=O) groups excluding carboxylic acids is 1. The molecule has 1 aliphatic heterocycles. The number of carbonyl (C=O) groups is 2. The van der Waals surface area contributed by atoms with E-state index in [1.807, 2.05) is 6.92 Å². The summed E-state index contributed by atoms with van der Waals surface area (Å²) < 4.78 is 0. The lowest BCUT2D eigenvalue weighted by atomic mass is 10.0. The number of carboxylic acid groups (broad SMARTS) is 1. The van der Waals surface area contributed by atoms with E-state index in [9.17, 15) is 9.59 Å². The summed E-state index contributed by atoms with van der Waals surface area (Å²) in [5.74, 6) is -1.13. The van der Waals surface area contributed by atoms with E-state index in [0.717, 1.165) is 19.3 Å². The van der Waals surface area contributed by atoms with Gasteiger partial charge in [-0.3, -0.25) is 4.79 Å². The molecule has 3 N–H and O–H groups in total. The zero-order chi connectivity index (χ0) is 12.1. The van der Waals surface area contributed by atoms with E-state index in [2.05, 4.69) is 0 Å². The minimum Gasteiger partial charge on any atom is -0.480 e. The summed E-state index contributed by atoms with van der Waals surface area (Å²) in [6.45, 7) is 2.48. The largest absolute Gasteiger partial charge is 0.480 e. The van der Waals surface area contributed by atoms with Gasteiger partial charge in [0, 0.05) is 6.54 Å². The van der Waals surface area contributed by atoms with Crippen LogP contribution in [0.1, 0.15) is 39.0 Å². The van der Waals surface area contributed by atoms with Gasteiger partial charge in [0.05, 0.1) is 6.04 Å².